The maximum absolute atomic E-state index is 12.6. The molecule has 0 spiro atoms. The summed E-state index contributed by atoms with van der Waals surface area (Å²) in [6, 6.07) is 14.4. The Morgan fingerprint density at radius 3 is 2.32 bits per heavy atom. The highest BCUT2D eigenvalue weighted by molar-refractivity contribution is 7.89. The van der Waals surface area contributed by atoms with Crippen LogP contribution in [0.25, 0.3) is 11.3 Å². The fourth-order valence-electron chi connectivity index (χ4n) is 2.96. The van der Waals surface area contributed by atoms with Crippen LogP contribution in [0.5, 0.6) is 0 Å². The second-order valence-corrected chi connectivity index (χ2v) is 8.51. The van der Waals surface area contributed by atoms with Crippen molar-refractivity contribution in [1.82, 2.24) is 14.3 Å². The minimum Gasteiger partial charge on any atom is -0.298 e. The van der Waals surface area contributed by atoms with Gasteiger partial charge in [0.1, 0.15) is 0 Å². The molecular formula is C21H23N3O3S. The first kappa shape index (κ1) is 20.0. The van der Waals surface area contributed by atoms with E-state index in [1.807, 2.05) is 50.2 Å². The standard InChI is InChI=1S/C21H23N3O3S/c1-15-11-17(3)20(12-16(15)2)28(26,27)23-9-10-24-14-22-19(13-21(24)25)18-7-5-4-6-8-18/h4-8,11-14,23H,9-10H2,1-3H3. The Hall–Kier alpha value is -2.77. The van der Waals surface area contributed by atoms with Crippen molar-refractivity contribution >= 4 is 10.0 Å². The fourth-order valence-corrected chi connectivity index (χ4v) is 4.29. The molecule has 0 aliphatic carbocycles. The van der Waals surface area contributed by atoms with Gasteiger partial charge in [-0.1, -0.05) is 36.4 Å². The zero-order chi connectivity index (χ0) is 20.3. The third-order valence-corrected chi connectivity index (χ3v) is 6.28. The first-order valence-corrected chi connectivity index (χ1v) is 10.5. The Kier molecular flexibility index (Phi) is 5.76. The molecule has 0 unspecified atom stereocenters. The molecule has 28 heavy (non-hydrogen) atoms. The summed E-state index contributed by atoms with van der Waals surface area (Å²) in [6.07, 6.45) is 1.44. The van der Waals surface area contributed by atoms with Gasteiger partial charge in [0.25, 0.3) is 5.56 Å². The SMILES string of the molecule is Cc1cc(C)c(S(=O)(=O)NCCn2cnc(-c3ccccc3)cc2=O)cc1C. The Morgan fingerprint density at radius 1 is 0.964 bits per heavy atom. The molecule has 0 fully saturated rings. The Balaban J connectivity index is 1.71. The number of hydrogen-bond acceptors (Lipinski definition) is 4. The molecule has 3 rings (SSSR count). The average Bonchev–Trinajstić information content (AvgIpc) is 2.66. The van der Waals surface area contributed by atoms with E-state index in [2.05, 4.69) is 9.71 Å². The smallest absolute Gasteiger partial charge is 0.253 e. The summed E-state index contributed by atoms with van der Waals surface area (Å²) in [7, 11) is -3.65. The first-order chi connectivity index (χ1) is 13.3. The summed E-state index contributed by atoms with van der Waals surface area (Å²) in [6.45, 7) is 5.90. The number of nitrogens with one attached hydrogen (secondary N) is 1. The summed E-state index contributed by atoms with van der Waals surface area (Å²) in [5.41, 5.74) is 3.89. The summed E-state index contributed by atoms with van der Waals surface area (Å²) < 4.78 is 29.2. The molecule has 1 heterocycles. The number of rotatable bonds is 6. The van der Waals surface area contributed by atoms with E-state index in [9.17, 15) is 13.2 Å². The highest BCUT2D eigenvalue weighted by atomic mass is 32.2. The van der Waals surface area contributed by atoms with E-state index in [1.165, 1.54) is 17.0 Å². The molecular weight excluding hydrogens is 374 g/mol. The molecule has 0 aliphatic heterocycles. The van der Waals surface area contributed by atoms with Crippen LogP contribution < -0.4 is 10.3 Å². The highest BCUT2D eigenvalue weighted by Crippen LogP contribution is 2.19. The molecule has 7 heteroatoms. The van der Waals surface area contributed by atoms with Crippen molar-refractivity contribution in [3.63, 3.8) is 0 Å². The minimum absolute atomic E-state index is 0.0982. The molecule has 2 aromatic carbocycles. The lowest BCUT2D eigenvalue weighted by molar-refractivity contribution is 0.568. The minimum atomic E-state index is -3.65. The number of aromatic nitrogens is 2. The van der Waals surface area contributed by atoms with E-state index < -0.39 is 10.0 Å². The van der Waals surface area contributed by atoms with Crippen molar-refractivity contribution in [2.45, 2.75) is 32.2 Å². The molecule has 0 amide bonds. The van der Waals surface area contributed by atoms with Crippen molar-refractivity contribution in [3.05, 3.63) is 81.9 Å². The molecule has 1 aromatic heterocycles. The topological polar surface area (TPSA) is 81.1 Å². The van der Waals surface area contributed by atoms with Crippen LogP contribution in [0, 0.1) is 20.8 Å². The van der Waals surface area contributed by atoms with Gasteiger partial charge in [0.05, 0.1) is 16.9 Å². The van der Waals surface area contributed by atoms with Gasteiger partial charge in [0.15, 0.2) is 0 Å². The van der Waals surface area contributed by atoms with Crippen LogP contribution in [-0.2, 0) is 16.6 Å². The van der Waals surface area contributed by atoms with E-state index in [-0.39, 0.29) is 23.5 Å². The zero-order valence-corrected chi connectivity index (χ0v) is 17.0. The van der Waals surface area contributed by atoms with E-state index in [0.29, 0.717) is 11.3 Å². The van der Waals surface area contributed by atoms with Gasteiger partial charge < -0.3 is 0 Å². The fraction of sp³-hybridized carbons (Fsp3) is 0.238. The maximum atomic E-state index is 12.6. The second-order valence-electron chi connectivity index (χ2n) is 6.77. The van der Waals surface area contributed by atoms with Crippen molar-refractivity contribution in [1.29, 1.82) is 0 Å². The first-order valence-electron chi connectivity index (χ1n) is 8.97. The molecule has 6 nitrogen and oxygen atoms in total. The summed E-state index contributed by atoms with van der Waals surface area (Å²) in [5.74, 6) is 0. The number of nitrogens with zero attached hydrogens (tertiary/aromatic N) is 2. The molecule has 0 atom stereocenters. The maximum Gasteiger partial charge on any atom is 0.253 e. The highest BCUT2D eigenvalue weighted by Gasteiger charge is 2.17. The van der Waals surface area contributed by atoms with Crippen LogP contribution in [-0.4, -0.2) is 24.5 Å². The summed E-state index contributed by atoms with van der Waals surface area (Å²) in [5, 5.41) is 0. The lowest BCUT2D eigenvalue weighted by Crippen LogP contribution is -2.31. The molecule has 3 aromatic rings. The summed E-state index contributed by atoms with van der Waals surface area (Å²) >= 11 is 0. The van der Waals surface area contributed by atoms with E-state index in [1.54, 1.807) is 13.0 Å². The van der Waals surface area contributed by atoms with Crippen LogP contribution >= 0.6 is 0 Å². The predicted octanol–water partition coefficient (Wildman–Crippen LogP) is 2.81. The molecule has 0 aliphatic rings. The van der Waals surface area contributed by atoms with Gasteiger partial charge >= 0.3 is 0 Å². The van der Waals surface area contributed by atoms with Gasteiger partial charge in [-0.2, -0.15) is 0 Å². The van der Waals surface area contributed by atoms with Gasteiger partial charge in [-0.15, -0.1) is 0 Å². The quantitative estimate of drug-likeness (QED) is 0.694. The van der Waals surface area contributed by atoms with Gasteiger partial charge in [-0.3, -0.25) is 9.36 Å². The number of benzene rings is 2. The van der Waals surface area contributed by atoms with Crippen molar-refractivity contribution in [2.24, 2.45) is 0 Å². The number of aryl methyl sites for hydroxylation is 3. The number of sulfonamides is 1. The van der Waals surface area contributed by atoms with E-state index in [0.717, 1.165) is 16.7 Å². The van der Waals surface area contributed by atoms with Gasteiger partial charge in [-0.25, -0.2) is 18.1 Å². The van der Waals surface area contributed by atoms with Crippen LogP contribution in [0.3, 0.4) is 0 Å². The number of hydrogen-bond donors (Lipinski definition) is 1. The van der Waals surface area contributed by atoms with E-state index in [4.69, 9.17) is 0 Å². The van der Waals surface area contributed by atoms with Gasteiger partial charge in [0, 0.05) is 24.7 Å². The van der Waals surface area contributed by atoms with Crippen LogP contribution in [0.1, 0.15) is 16.7 Å². The van der Waals surface area contributed by atoms with Crippen molar-refractivity contribution in [3.8, 4) is 11.3 Å². The lowest BCUT2D eigenvalue weighted by atomic mass is 10.1. The third-order valence-electron chi connectivity index (χ3n) is 4.67. The van der Waals surface area contributed by atoms with Gasteiger partial charge in [-0.05, 0) is 43.5 Å². The summed E-state index contributed by atoms with van der Waals surface area (Å²) in [4.78, 5) is 16.9. The molecule has 0 saturated carbocycles. The van der Waals surface area contributed by atoms with Crippen LogP contribution in [0.4, 0.5) is 0 Å². The predicted molar refractivity (Wildman–Crippen MR) is 110 cm³/mol. The second kappa shape index (κ2) is 8.08. The average molecular weight is 398 g/mol. The Morgan fingerprint density at radius 2 is 1.64 bits per heavy atom. The zero-order valence-electron chi connectivity index (χ0n) is 16.1. The Bertz CT molecular complexity index is 1150. The third kappa shape index (κ3) is 4.37. The lowest BCUT2D eigenvalue weighted by Gasteiger charge is -2.12. The van der Waals surface area contributed by atoms with Gasteiger partial charge in [0.2, 0.25) is 10.0 Å². The van der Waals surface area contributed by atoms with Crippen molar-refractivity contribution < 1.29 is 8.42 Å². The van der Waals surface area contributed by atoms with E-state index >= 15 is 0 Å². The molecule has 0 bridgehead atoms. The Labute approximate surface area is 164 Å². The van der Waals surface area contributed by atoms with Crippen LogP contribution in [0.15, 0.2) is 64.5 Å². The van der Waals surface area contributed by atoms with Crippen molar-refractivity contribution in [2.75, 3.05) is 6.54 Å². The van der Waals surface area contributed by atoms with Crippen LogP contribution in [0.2, 0.25) is 0 Å². The molecule has 146 valence electrons. The largest absolute Gasteiger partial charge is 0.298 e. The molecule has 0 radical (unpaired) electrons. The molecule has 1 N–H and O–H groups in total. The normalized spacial score (nSPS) is 11.5. The molecule has 0 saturated heterocycles. The monoisotopic (exact) mass is 397 g/mol.